The van der Waals surface area contributed by atoms with Gasteiger partial charge in [0.05, 0.1) is 12.2 Å². The lowest BCUT2D eigenvalue weighted by molar-refractivity contribution is -0.139. The Morgan fingerprint density at radius 1 is 1.12 bits per heavy atom. The second kappa shape index (κ2) is 6.95. The van der Waals surface area contributed by atoms with Gasteiger partial charge in [0.2, 0.25) is 0 Å². The fourth-order valence-electron chi connectivity index (χ4n) is 2.82. The van der Waals surface area contributed by atoms with E-state index in [4.69, 9.17) is 4.74 Å². The first-order chi connectivity index (χ1) is 12.7. The van der Waals surface area contributed by atoms with Crippen molar-refractivity contribution in [1.82, 2.24) is 19.9 Å². The molecule has 1 fully saturated rings. The molecular formula is C19H17FN4O2. The molecule has 132 valence electrons. The van der Waals surface area contributed by atoms with E-state index in [9.17, 15) is 9.18 Å². The summed E-state index contributed by atoms with van der Waals surface area (Å²) in [6.07, 6.45) is 1.89. The van der Waals surface area contributed by atoms with Crippen LogP contribution in [0.3, 0.4) is 0 Å². The third kappa shape index (κ3) is 3.28. The monoisotopic (exact) mass is 352 g/mol. The molecule has 3 aromatic rings. The van der Waals surface area contributed by atoms with Gasteiger partial charge in [-0.15, -0.1) is 5.10 Å². The largest absolute Gasteiger partial charge is 0.481 e. The minimum absolute atomic E-state index is 0.0849. The quantitative estimate of drug-likeness (QED) is 0.708. The molecule has 0 atom stereocenters. The second-order valence-electron chi connectivity index (χ2n) is 6.12. The molecular weight excluding hydrogens is 335 g/mol. The minimum atomic E-state index is -0.474. The van der Waals surface area contributed by atoms with Gasteiger partial charge in [0, 0.05) is 18.7 Å². The molecule has 7 heteroatoms. The number of hydrogen-bond acceptors (Lipinski definition) is 4. The fraction of sp³-hybridized carbons (Fsp3) is 0.211. The zero-order valence-electron chi connectivity index (χ0n) is 14.0. The normalized spacial score (nSPS) is 14.1. The van der Waals surface area contributed by atoms with Crippen LogP contribution in [0.2, 0.25) is 0 Å². The van der Waals surface area contributed by atoms with Crippen LogP contribution in [0, 0.1) is 5.82 Å². The van der Waals surface area contributed by atoms with Crippen LogP contribution in [-0.4, -0.2) is 45.5 Å². The Morgan fingerprint density at radius 3 is 2.62 bits per heavy atom. The van der Waals surface area contributed by atoms with Crippen LogP contribution in [0.15, 0.2) is 60.8 Å². The first-order valence-corrected chi connectivity index (χ1v) is 8.33. The van der Waals surface area contributed by atoms with Gasteiger partial charge in [-0.3, -0.25) is 4.79 Å². The first kappa shape index (κ1) is 16.3. The predicted octanol–water partition coefficient (Wildman–Crippen LogP) is 2.55. The SMILES string of the molecule is O=C(COc1ccccc1F)N1CC(n2cc(-c3ccccc3)nn2)C1. The van der Waals surface area contributed by atoms with E-state index < -0.39 is 5.82 Å². The van der Waals surface area contributed by atoms with Crippen molar-refractivity contribution >= 4 is 5.91 Å². The highest BCUT2D eigenvalue weighted by atomic mass is 19.1. The third-order valence-corrected chi connectivity index (χ3v) is 4.36. The molecule has 2 heterocycles. The molecule has 0 aliphatic carbocycles. The van der Waals surface area contributed by atoms with E-state index in [0.29, 0.717) is 13.1 Å². The molecule has 1 aliphatic rings. The number of carbonyl (C=O) groups excluding carboxylic acids is 1. The Bertz CT molecular complexity index is 907. The van der Waals surface area contributed by atoms with Gasteiger partial charge in [-0.25, -0.2) is 9.07 Å². The number of benzene rings is 2. The maximum absolute atomic E-state index is 13.5. The van der Waals surface area contributed by atoms with Crippen LogP contribution >= 0.6 is 0 Å². The van der Waals surface area contributed by atoms with Crippen LogP contribution in [0.5, 0.6) is 5.75 Å². The van der Waals surface area contributed by atoms with E-state index >= 15 is 0 Å². The van der Waals surface area contributed by atoms with E-state index in [1.807, 2.05) is 36.5 Å². The number of hydrogen-bond donors (Lipinski definition) is 0. The summed E-state index contributed by atoms with van der Waals surface area (Å²) in [5.41, 5.74) is 1.81. The van der Waals surface area contributed by atoms with Gasteiger partial charge in [0.1, 0.15) is 5.69 Å². The number of likely N-dealkylation sites (tertiary alicyclic amines) is 1. The molecule has 1 amide bonds. The summed E-state index contributed by atoms with van der Waals surface area (Å²) in [5.74, 6) is -0.563. The van der Waals surface area contributed by atoms with Crippen LogP contribution in [-0.2, 0) is 4.79 Å². The Labute approximate surface area is 149 Å². The number of amides is 1. The van der Waals surface area contributed by atoms with Crippen molar-refractivity contribution in [3.63, 3.8) is 0 Å². The van der Waals surface area contributed by atoms with E-state index in [2.05, 4.69) is 10.3 Å². The maximum atomic E-state index is 13.5. The molecule has 1 saturated heterocycles. The number of ether oxygens (including phenoxy) is 1. The summed E-state index contributed by atoms with van der Waals surface area (Å²) in [6.45, 7) is 0.897. The average molecular weight is 352 g/mol. The Hall–Kier alpha value is -3.22. The number of rotatable bonds is 5. The van der Waals surface area contributed by atoms with Crippen molar-refractivity contribution in [1.29, 1.82) is 0 Å². The molecule has 0 radical (unpaired) electrons. The molecule has 0 bridgehead atoms. The molecule has 1 aliphatic heterocycles. The van der Waals surface area contributed by atoms with Crippen LogP contribution in [0.25, 0.3) is 11.3 Å². The van der Waals surface area contributed by atoms with Gasteiger partial charge in [0.25, 0.3) is 5.91 Å². The number of nitrogens with zero attached hydrogens (tertiary/aromatic N) is 4. The molecule has 6 nitrogen and oxygen atoms in total. The maximum Gasteiger partial charge on any atom is 0.260 e. The molecule has 0 spiro atoms. The summed E-state index contributed by atoms with van der Waals surface area (Å²) >= 11 is 0. The van der Waals surface area contributed by atoms with E-state index in [1.165, 1.54) is 12.1 Å². The van der Waals surface area contributed by atoms with Gasteiger partial charge in [-0.05, 0) is 12.1 Å². The Kier molecular flexibility index (Phi) is 4.35. The Balaban J connectivity index is 1.31. The van der Waals surface area contributed by atoms with Crippen molar-refractivity contribution in [3.05, 3.63) is 66.6 Å². The zero-order chi connectivity index (χ0) is 17.9. The topological polar surface area (TPSA) is 60.2 Å². The lowest BCUT2D eigenvalue weighted by atomic mass is 10.1. The summed E-state index contributed by atoms with van der Waals surface area (Å²) in [7, 11) is 0. The summed E-state index contributed by atoms with van der Waals surface area (Å²) < 4.78 is 20.5. The van der Waals surface area contributed by atoms with Crippen molar-refractivity contribution in [3.8, 4) is 17.0 Å². The highest BCUT2D eigenvalue weighted by Gasteiger charge is 2.33. The van der Waals surface area contributed by atoms with Gasteiger partial charge in [-0.1, -0.05) is 47.7 Å². The van der Waals surface area contributed by atoms with Gasteiger partial charge < -0.3 is 9.64 Å². The van der Waals surface area contributed by atoms with Gasteiger partial charge in [0.15, 0.2) is 18.2 Å². The molecule has 1 aromatic heterocycles. The van der Waals surface area contributed by atoms with E-state index in [0.717, 1.165) is 11.3 Å². The van der Waals surface area contributed by atoms with Crippen LogP contribution in [0.1, 0.15) is 6.04 Å². The number of carbonyl (C=O) groups is 1. The first-order valence-electron chi connectivity index (χ1n) is 8.33. The van der Waals surface area contributed by atoms with Crippen molar-refractivity contribution in [2.45, 2.75) is 6.04 Å². The number of aromatic nitrogens is 3. The highest BCUT2D eigenvalue weighted by Crippen LogP contribution is 2.23. The zero-order valence-corrected chi connectivity index (χ0v) is 14.0. The van der Waals surface area contributed by atoms with Crippen molar-refractivity contribution in [2.75, 3.05) is 19.7 Å². The fourth-order valence-corrected chi connectivity index (χ4v) is 2.82. The third-order valence-electron chi connectivity index (χ3n) is 4.36. The predicted molar refractivity (Wildman–Crippen MR) is 93.0 cm³/mol. The van der Waals surface area contributed by atoms with Crippen molar-refractivity contribution in [2.24, 2.45) is 0 Å². The van der Waals surface area contributed by atoms with Crippen LogP contribution in [0.4, 0.5) is 4.39 Å². The molecule has 4 rings (SSSR count). The molecule has 2 aromatic carbocycles. The van der Waals surface area contributed by atoms with Crippen LogP contribution < -0.4 is 4.74 Å². The summed E-state index contributed by atoms with van der Waals surface area (Å²) in [6, 6.07) is 15.9. The van der Waals surface area contributed by atoms with Gasteiger partial charge >= 0.3 is 0 Å². The lowest BCUT2D eigenvalue weighted by Gasteiger charge is -2.38. The number of para-hydroxylation sites is 1. The molecule has 0 N–H and O–H groups in total. The standard InChI is InChI=1S/C19H17FN4O2/c20-16-8-4-5-9-18(16)26-13-19(25)23-10-15(11-23)24-12-17(21-22-24)14-6-2-1-3-7-14/h1-9,12,15H,10-11,13H2. The Morgan fingerprint density at radius 2 is 1.85 bits per heavy atom. The number of halogens is 1. The molecule has 0 saturated carbocycles. The highest BCUT2D eigenvalue weighted by molar-refractivity contribution is 5.78. The lowest BCUT2D eigenvalue weighted by Crippen LogP contribution is -2.52. The van der Waals surface area contributed by atoms with Gasteiger partial charge in [-0.2, -0.15) is 0 Å². The van der Waals surface area contributed by atoms with E-state index in [1.54, 1.807) is 21.7 Å². The molecule has 26 heavy (non-hydrogen) atoms. The average Bonchev–Trinajstić information content (AvgIpc) is 3.10. The molecule has 0 unspecified atom stereocenters. The minimum Gasteiger partial charge on any atom is -0.481 e. The summed E-state index contributed by atoms with van der Waals surface area (Å²) in [5, 5.41) is 8.35. The second-order valence-corrected chi connectivity index (χ2v) is 6.12. The van der Waals surface area contributed by atoms with Crippen molar-refractivity contribution < 1.29 is 13.9 Å². The summed E-state index contributed by atoms with van der Waals surface area (Å²) in [4.78, 5) is 13.8. The smallest absolute Gasteiger partial charge is 0.260 e. The van der Waals surface area contributed by atoms with E-state index in [-0.39, 0.29) is 24.3 Å².